The number of benzene rings is 4. The molecule has 2 heteroatoms. The van der Waals surface area contributed by atoms with Crippen molar-refractivity contribution >= 4 is 44.4 Å². The summed E-state index contributed by atoms with van der Waals surface area (Å²) in [6, 6.07) is 19.1. The fourth-order valence-electron chi connectivity index (χ4n) is 3.13. The van der Waals surface area contributed by atoms with Gasteiger partial charge in [0, 0.05) is 6.08 Å². The zero-order valence-electron chi connectivity index (χ0n) is 12.2. The van der Waals surface area contributed by atoms with E-state index in [1.165, 1.54) is 40.1 Å². The fourth-order valence-corrected chi connectivity index (χ4v) is 3.13. The van der Waals surface area contributed by atoms with E-state index in [4.69, 9.17) is 0 Å². The van der Waals surface area contributed by atoms with Crippen molar-refractivity contribution in [2.75, 3.05) is 7.11 Å². The van der Waals surface area contributed by atoms with Crippen molar-refractivity contribution in [1.29, 1.82) is 0 Å². The van der Waals surface area contributed by atoms with Gasteiger partial charge in [0.2, 0.25) is 0 Å². The molecule has 0 aliphatic carbocycles. The first-order valence-corrected chi connectivity index (χ1v) is 7.20. The highest BCUT2D eigenvalue weighted by atomic mass is 16.5. The summed E-state index contributed by atoms with van der Waals surface area (Å²) in [6.07, 6.45) is 3.28. The average molecular weight is 286 g/mol. The van der Waals surface area contributed by atoms with Gasteiger partial charge >= 0.3 is 5.97 Å². The molecule has 0 fully saturated rings. The Morgan fingerprint density at radius 2 is 1.50 bits per heavy atom. The Labute approximate surface area is 128 Å². The van der Waals surface area contributed by atoms with Crippen LogP contribution in [-0.2, 0) is 9.53 Å². The van der Waals surface area contributed by atoms with E-state index in [0.717, 1.165) is 10.9 Å². The van der Waals surface area contributed by atoms with Crippen LogP contribution in [0.15, 0.2) is 60.7 Å². The molecule has 0 saturated heterocycles. The van der Waals surface area contributed by atoms with E-state index < -0.39 is 0 Å². The highest BCUT2D eigenvalue weighted by Gasteiger charge is 2.09. The number of methoxy groups -OCH3 is 1. The summed E-state index contributed by atoms with van der Waals surface area (Å²) in [5.41, 5.74) is 1.02. The van der Waals surface area contributed by atoms with Crippen molar-refractivity contribution in [3.63, 3.8) is 0 Å². The van der Waals surface area contributed by atoms with Gasteiger partial charge in [0.15, 0.2) is 0 Å². The summed E-state index contributed by atoms with van der Waals surface area (Å²) in [5.74, 6) is -0.342. The minimum atomic E-state index is -0.342. The fraction of sp³-hybridized carbons (Fsp3) is 0.0500. The SMILES string of the molecule is COC(=O)/C=C/c1ccc2ccc3cccc4ccc1c2c34. The van der Waals surface area contributed by atoms with E-state index in [9.17, 15) is 4.79 Å². The molecule has 0 amide bonds. The minimum absolute atomic E-state index is 0.342. The lowest BCUT2D eigenvalue weighted by Crippen LogP contribution is -1.93. The van der Waals surface area contributed by atoms with Crippen molar-refractivity contribution in [2.45, 2.75) is 0 Å². The highest BCUT2D eigenvalue weighted by molar-refractivity contribution is 6.24. The quantitative estimate of drug-likeness (QED) is 0.301. The second kappa shape index (κ2) is 4.85. The Kier molecular flexibility index (Phi) is 2.83. The molecule has 0 bridgehead atoms. The Morgan fingerprint density at radius 1 is 0.864 bits per heavy atom. The van der Waals surface area contributed by atoms with E-state index in [1.54, 1.807) is 0 Å². The van der Waals surface area contributed by atoms with Crippen LogP contribution in [0.25, 0.3) is 38.4 Å². The zero-order chi connectivity index (χ0) is 15.1. The molecule has 0 aromatic heterocycles. The van der Waals surface area contributed by atoms with E-state index in [-0.39, 0.29) is 5.97 Å². The van der Waals surface area contributed by atoms with Crippen LogP contribution in [0.1, 0.15) is 5.56 Å². The van der Waals surface area contributed by atoms with Crippen LogP contribution in [0.3, 0.4) is 0 Å². The van der Waals surface area contributed by atoms with Crippen LogP contribution in [0.5, 0.6) is 0 Å². The van der Waals surface area contributed by atoms with Crippen molar-refractivity contribution in [3.05, 3.63) is 66.2 Å². The van der Waals surface area contributed by atoms with Crippen molar-refractivity contribution in [2.24, 2.45) is 0 Å². The van der Waals surface area contributed by atoms with Crippen LogP contribution in [0, 0.1) is 0 Å². The third-order valence-corrected chi connectivity index (χ3v) is 4.16. The van der Waals surface area contributed by atoms with Gasteiger partial charge in [0.25, 0.3) is 0 Å². The summed E-state index contributed by atoms with van der Waals surface area (Å²) in [7, 11) is 1.39. The second-order valence-corrected chi connectivity index (χ2v) is 5.37. The number of esters is 1. The number of ether oxygens (including phenoxy) is 1. The topological polar surface area (TPSA) is 26.3 Å². The molecule has 0 radical (unpaired) electrons. The Hall–Kier alpha value is -2.87. The molecule has 0 atom stereocenters. The lowest BCUT2D eigenvalue weighted by Gasteiger charge is -2.12. The molecule has 0 aliphatic rings. The molecule has 0 heterocycles. The first kappa shape index (κ1) is 12.8. The third-order valence-electron chi connectivity index (χ3n) is 4.16. The molecule has 0 aliphatic heterocycles. The standard InChI is InChI=1S/C20H14O2/c1-22-18(21)12-10-13-5-6-16-8-7-14-3-2-4-15-9-11-17(13)20(16)19(14)15/h2-12H,1H3/b12-10+. The van der Waals surface area contributed by atoms with Gasteiger partial charge in [-0.25, -0.2) is 4.79 Å². The summed E-state index contributed by atoms with van der Waals surface area (Å²) in [4.78, 5) is 11.3. The Bertz CT molecular complexity index is 1010. The van der Waals surface area contributed by atoms with Crippen LogP contribution < -0.4 is 0 Å². The molecule has 2 nitrogen and oxygen atoms in total. The largest absolute Gasteiger partial charge is 0.466 e. The van der Waals surface area contributed by atoms with Crippen molar-refractivity contribution < 1.29 is 9.53 Å². The number of carbonyl (C=O) groups excluding carboxylic acids is 1. The molecule has 0 N–H and O–H groups in total. The molecule has 106 valence electrons. The van der Waals surface area contributed by atoms with Crippen molar-refractivity contribution in [1.82, 2.24) is 0 Å². The van der Waals surface area contributed by atoms with E-state index in [1.807, 2.05) is 12.1 Å². The Morgan fingerprint density at radius 3 is 2.23 bits per heavy atom. The normalized spacial score (nSPS) is 11.9. The number of rotatable bonds is 2. The minimum Gasteiger partial charge on any atom is -0.466 e. The van der Waals surface area contributed by atoms with Gasteiger partial charge in [-0.05, 0) is 44.0 Å². The van der Waals surface area contributed by atoms with Gasteiger partial charge < -0.3 is 4.74 Å². The average Bonchev–Trinajstić information content (AvgIpc) is 2.58. The maximum atomic E-state index is 11.3. The summed E-state index contributed by atoms with van der Waals surface area (Å²) in [5, 5.41) is 7.39. The summed E-state index contributed by atoms with van der Waals surface area (Å²) >= 11 is 0. The predicted molar refractivity (Wildman–Crippen MR) is 91.2 cm³/mol. The molecule has 0 unspecified atom stereocenters. The van der Waals surface area contributed by atoms with Gasteiger partial charge in [-0.3, -0.25) is 0 Å². The predicted octanol–water partition coefficient (Wildman–Crippen LogP) is 4.77. The molecule has 4 rings (SSSR count). The number of hydrogen-bond donors (Lipinski definition) is 0. The van der Waals surface area contributed by atoms with E-state index in [0.29, 0.717) is 0 Å². The van der Waals surface area contributed by atoms with Crippen LogP contribution in [-0.4, -0.2) is 13.1 Å². The summed E-state index contributed by atoms with van der Waals surface area (Å²) in [6.45, 7) is 0. The maximum absolute atomic E-state index is 11.3. The monoisotopic (exact) mass is 286 g/mol. The lowest BCUT2D eigenvalue weighted by molar-refractivity contribution is -0.134. The second-order valence-electron chi connectivity index (χ2n) is 5.37. The van der Waals surface area contributed by atoms with Gasteiger partial charge in [0.05, 0.1) is 7.11 Å². The first-order chi connectivity index (χ1) is 10.8. The number of hydrogen-bond acceptors (Lipinski definition) is 2. The van der Waals surface area contributed by atoms with Gasteiger partial charge in [-0.1, -0.05) is 54.6 Å². The van der Waals surface area contributed by atoms with Crippen molar-refractivity contribution in [3.8, 4) is 0 Å². The smallest absolute Gasteiger partial charge is 0.330 e. The highest BCUT2D eigenvalue weighted by Crippen LogP contribution is 2.36. The maximum Gasteiger partial charge on any atom is 0.330 e. The molecule has 22 heavy (non-hydrogen) atoms. The van der Waals surface area contributed by atoms with Crippen LogP contribution >= 0.6 is 0 Å². The van der Waals surface area contributed by atoms with E-state index >= 15 is 0 Å². The Balaban J connectivity index is 2.08. The van der Waals surface area contributed by atoms with E-state index in [2.05, 4.69) is 53.3 Å². The molecular weight excluding hydrogens is 272 g/mol. The van der Waals surface area contributed by atoms with Crippen LogP contribution in [0.4, 0.5) is 0 Å². The molecule has 4 aromatic rings. The summed E-state index contributed by atoms with van der Waals surface area (Å²) < 4.78 is 4.67. The number of carbonyl (C=O) groups is 1. The zero-order valence-corrected chi connectivity index (χ0v) is 12.2. The van der Waals surface area contributed by atoms with Crippen LogP contribution in [0.2, 0.25) is 0 Å². The molecule has 4 aromatic carbocycles. The third kappa shape index (κ3) is 1.85. The first-order valence-electron chi connectivity index (χ1n) is 7.20. The van der Waals surface area contributed by atoms with Gasteiger partial charge in [0.1, 0.15) is 0 Å². The van der Waals surface area contributed by atoms with Gasteiger partial charge in [-0.15, -0.1) is 0 Å². The van der Waals surface area contributed by atoms with Gasteiger partial charge in [-0.2, -0.15) is 0 Å². The molecule has 0 spiro atoms. The lowest BCUT2D eigenvalue weighted by atomic mass is 9.92. The molecule has 0 saturated carbocycles. The molecular formula is C20H14O2.